The first-order valence-corrected chi connectivity index (χ1v) is 7.53. The van der Waals surface area contributed by atoms with Crippen LogP contribution in [0.25, 0.3) is 0 Å². The van der Waals surface area contributed by atoms with Gasteiger partial charge in [0.1, 0.15) is 5.82 Å². The Kier molecular flexibility index (Phi) is 3.99. The highest BCUT2D eigenvalue weighted by Gasteiger charge is 2.22. The molecule has 1 aliphatic carbocycles. The lowest BCUT2D eigenvalue weighted by molar-refractivity contribution is 0.475. The normalized spacial score (nSPS) is 18.9. The number of halogens is 1. The number of hydrogen-bond acceptors (Lipinski definition) is 3. The number of nitrogens with one attached hydrogen (secondary N) is 1. The van der Waals surface area contributed by atoms with Crippen LogP contribution in [0.2, 0.25) is 0 Å². The van der Waals surface area contributed by atoms with Gasteiger partial charge in [-0.2, -0.15) is 8.42 Å². The minimum absolute atomic E-state index is 0.155. The molecule has 1 atom stereocenters. The molecule has 0 saturated heterocycles. The average molecular weight is 273 g/mol. The van der Waals surface area contributed by atoms with Gasteiger partial charge in [-0.1, -0.05) is 6.07 Å². The number of aryl methyl sites for hydroxylation is 1. The molecule has 2 rings (SSSR count). The van der Waals surface area contributed by atoms with Gasteiger partial charge in [0, 0.05) is 6.04 Å². The molecule has 1 aromatic rings. The monoisotopic (exact) mass is 273 g/mol. The zero-order valence-electron chi connectivity index (χ0n) is 9.89. The molecule has 0 fully saturated rings. The predicted molar refractivity (Wildman–Crippen MR) is 66.5 cm³/mol. The van der Waals surface area contributed by atoms with E-state index in [1.54, 1.807) is 12.1 Å². The third-order valence-corrected chi connectivity index (χ3v) is 3.96. The van der Waals surface area contributed by atoms with Crippen LogP contribution in [-0.4, -0.2) is 25.3 Å². The van der Waals surface area contributed by atoms with Crippen LogP contribution in [0.1, 0.15) is 30.0 Å². The first kappa shape index (κ1) is 13.5. The highest BCUT2D eigenvalue weighted by molar-refractivity contribution is 7.85. The Morgan fingerprint density at radius 3 is 2.94 bits per heavy atom. The van der Waals surface area contributed by atoms with Crippen LogP contribution in [-0.2, 0) is 16.5 Å². The Balaban J connectivity index is 1.87. The van der Waals surface area contributed by atoms with Crippen molar-refractivity contribution in [3.05, 3.63) is 35.1 Å². The van der Waals surface area contributed by atoms with Crippen molar-refractivity contribution in [2.75, 3.05) is 12.3 Å². The Labute approximate surface area is 106 Å². The molecule has 1 aliphatic rings. The molecule has 4 nitrogen and oxygen atoms in total. The van der Waals surface area contributed by atoms with Crippen molar-refractivity contribution in [3.8, 4) is 0 Å². The molecule has 0 radical (unpaired) electrons. The van der Waals surface area contributed by atoms with Crippen molar-refractivity contribution in [2.24, 2.45) is 0 Å². The summed E-state index contributed by atoms with van der Waals surface area (Å²) < 4.78 is 42.7. The van der Waals surface area contributed by atoms with E-state index in [4.69, 9.17) is 4.55 Å². The molecule has 1 unspecified atom stereocenters. The maximum atomic E-state index is 13.0. The summed E-state index contributed by atoms with van der Waals surface area (Å²) in [7, 11) is -3.88. The second kappa shape index (κ2) is 5.34. The van der Waals surface area contributed by atoms with Crippen LogP contribution in [0.4, 0.5) is 4.39 Å². The highest BCUT2D eigenvalue weighted by atomic mass is 32.2. The summed E-state index contributed by atoms with van der Waals surface area (Å²) in [6.45, 7) is 0.515. The molecule has 1 aromatic carbocycles. The van der Waals surface area contributed by atoms with Gasteiger partial charge in [0.2, 0.25) is 0 Å². The lowest BCUT2D eigenvalue weighted by Gasteiger charge is -2.13. The van der Waals surface area contributed by atoms with Crippen LogP contribution >= 0.6 is 0 Å². The molecular weight excluding hydrogens is 257 g/mol. The van der Waals surface area contributed by atoms with E-state index in [0.717, 1.165) is 24.0 Å². The molecule has 0 aromatic heterocycles. The van der Waals surface area contributed by atoms with Gasteiger partial charge in [0.05, 0.1) is 5.75 Å². The van der Waals surface area contributed by atoms with Crippen LogP contribution < -0.4 is 5.32 Å². The fourth-order valence-electron chi connectivity index (χ4n) is 2.33. The first-order chi connectivity index (χ1) is 8.46. The third-order valence-electron chi connectivity index (χ3n) is 3.15. The molecule has 6 heteroatoms. The second-order valence-corrected chi connectivity index (χ2v) is 6.10. The first-order valence-electron chi connectivity index (χ1n) is 5.92. The predicted octanol–water partition coefficient (Wildman–Crippen LogP) is 1.68. The zero-order chi connectivity index (χ0) is 13.2. The van der Waals surface area contributed by atoms with Crippen LogP contribution in [0.15, 0.2) is 18.2 Å². The number of hydrogen-bond donors (Lipinski definition) is 2. The average Bonchev–Trinajstić information content (AvgIpc) is 2.65. The van der Waals surface area contributed by atoms with E-state index >= 15 is 0 Å². The van der Waals surface area contributed by atoms with Crippen molar-refractivity contribution in [1.29, 1.82) is 0 Å². The maximum absolute atomic E-state index is 13.0. The largest absolute Gasteiger partial charge is 0.310 e. The fraction of sp³-hybridized carbons (Fsp3) is 0.500. The summed E-state index contributed by atoms with van der Waals surface area (Å²) in [5, 5.41) is 3.23. The van der Waals surface area contributed by atoms with Gasteiger partial charge < -0.3 is 5.32 Å². The molecule has 0 spiro atoms. The summed E-state index contributed by atoms with van der Waals surface area (Å²) in [5.74, 6) is -0.455. The zero-order valence-corrected chi connectivity index (χ0v) is 10.7. The minimum atomic E-state index is -3.88. The van der Waals surface area contributed by atoms with Crippen LogP contribution in [0.5, 0.6) is 0 Å². The topological polar surface area (TPSA) is 66.4 Å². The van der Waals surface area contributed by atoms with E-state index in [1.807, 2.05) is 0 Å². The van der Waals surface area contributed by atoms with Gasteiger partial charge in [0.25, 0.3) is 10.1 Å². The summed E-state index contributed by atoms with van der Waals surface area (Å²) >= 11 is 0. The van der Waals surface area contributed by atoms with Crippen molar-refractivity contribution in [2.45, 2.75) is 25.3 Å². The Hall–Kier alpha value is -0.980. The Morgan fingerprint density at radius 1 is 1.44 bits per heavy atom. The molecule has 0 aliphatic heterocycles. The molecule has 100 valence electrons. The maximum Gasteiger partial charge on any atom is 0.264 e. The van der Waals surface area contributed by atoms with Crippen molar-refractivity contribution in [3.63, 3.8) is 0 Å². The van der Waals surface area contributed by atoms with Gasteiger partial charge in [0.15, 0.2) is 0 Å². The minimum Gasteiger partial charge on any atom is -0.310 e. The van der Waals surface area contributed by atoms with Gasteiger partial charge in [-0.25, -0.2) is 4.39 Å². The van der Waals surface area contributed by atoms with E-state index < -0.39 is 10.1 Å². The van der Waals surface area contributed by atoms with Crippen molar-refractivity contribution < 1.29 is 17.4 Å². The SMILES string of the molecule is O=S(=O)(O)CCCNC1CCc2cc(F)ccc21. The number of benzene rings is 1. The van der Waals surface area contributed by atoms with Crippen LogP contribution in [0, 0.1) is 5.82 Å². The second-order valence-electron chi connectivity index (χ2n) is 4.53. The Bertz CT molecular complexity index is 530. The van der Waals surface area contributed by atoms with E-state index in [2.05, 4.69) is 5.32 Å². The molecule has 18 heavy (non-hydrogen) atoms. The smallest absolute Gasteiger partial charge is 0.264 e. The standard InChI is InChI=1S/C12H16FNO3S/c13-10-3-4-11-9(8-10)2-5-12(11)14-6-1-7-18(15,16)17/h3-4,8,12,14H,1-2,5-7H2,(H,15,16,17). The van der Waals surface area contributed by atoms with Crippen molar-refractivity contribution >= 4 is 10.1 Å². The highest BCUT2D eigenvalue weighted by Crippen LogP contribution is 2.31. The van der Waals surface area contributed by atoms with Gasteiger partial charge >= 0.3 is 0 Å². The molecule has 0 amide bonds. The summed E-state index contributed by atoms with van der Waals surface area (Å²) in [5.41, 5.74) is 2.10. The van der Waals surface area contributed by atoms with Gasteiger partial charge in [-0.05, 0) is 49.1 Å². The number of fused-ring (bicyclic) bond motifs is 1. The fourth-order valence-corrected chi connectivity index (χ4v) is 2.84. The summed E-state index contributed by atoms with van der Waals surface area (Å²) in [6, 6.07) is 4.92. The van der Waals surface area contributed by atoms with E-state index in [-0.39, 0.29) is 17.6 Å². The summed E-state index contributed by atoms with van der Waals surface area (Å²) in [4.78, 5) is 0. The van der Waals surface area contributed by atoms with Gasteiger partial charge in [-0.3, -0.25) is 4.55 Å². The lowest BCUT2D eigenvalue weighted by atomic mass is 10.1. The number of rotatable bonds is 5. The molecule has 2 N–H and O–H groups in total. The van der Waals surface area contributed by atoms with E-state index in [0.29, 0.717) is 13.0 Å². The Morgan fingerprint density at radius 2 is 2.22 bits per heavy atom. The molecular formula is C12H16FNO3S. The van der Waals surface area contributed by atoms with E-state index in [1.165, 1.54) is 6.07 Å². The molecule has 0 bridgehead atoms. The molecule has 0 heterocycles. The van der Waals surface area contributed by atoms with Gasteiger partial charge in [-0.15, -0.1) is 0 Å². The van der Waals surface area contributed by atoms with Crippen molar-refractivity contribution in [1.82, 2.24) is 5.32 Å². The molecule has 0 saturated carbocycles. The summed E-state index contributed by atoms with van der Waals surface area (Å²) in [6.07, 6.45) is 2.10. The van der Waals surface area contributed by atoms with Crippen LogP contribution in [0.3, 0.4) is 0 Å². The lowest BCUT2D eigenvalue weighted by Crippen LogP contribution is -2.22. The quantitative estimate of drug-likeness (QED) is 0.633. The third kappa shape index (κ3) is 3.51. The van der Waals surface area contributed by atoms with E-state index in [9.17, 15) is 12.8 Å².